The zero-order chi connectivity index (χ0) is 45.5. The number of nitrogens with zero attached hydrogens (tertiary/aromatic N) is 1. The van der Waals surface area contributed by atoms with Gasteiger partial charge >= 0.3 is 5.97 Å². The van der Waals surface area contributed by atoms with Gasteiger partial charge in [-0.15, -0.1) is 0 Å². The molecule has 2 unspecified atom stereocenters. The lowest BCUT2D eigenvalue weighted by Crippen LogP contribution is -2.37. The first-order chi connectivity index (χ1) is 30.1. The smallest absolute Gasteiger partial charge is 0.306 e. The first-order valence-corrected chi connectivity index (χ1v) is 28.4. The first-order valence-electron chi connectivity index (χ1n) is 26.9. The third kappa shape index (κ3) is 50.2. The lowest BCUT2D eigenvalue weighted by atomic mass is 10.0. The second-order valence-electron chi connectivity index (χ2n) is 19.6. The average Bonchev–Trinajstić information content (AvgIpc) is 3.23. The van der Waals surface area contributed by atoms with Crippen molar-refractivity contribution < 1.29 is 37.3 Å². The molecule has 9 heteroatoms. The van der Waals surface area contributed by atoms with Gasteiger partial charge in [0.25, 0.3) is 7.82 Å². The van der Waals surface area contributed by atoms with Gasteiger partial charge in [-0.2, -0.15) is 0 Å². The molecule has 0 aromatic rings. The first kappa shape index (κ1) is 61.2. The van der Waals surface area contributed by atoms with E-state index in [1.54, 1.807) is 0 Å². The van der Waals surface area contributed by atoms with Crippen LogP contribution < -0.4 is 4.89 Å². The molecule has 0 amide bonds. The van der Waals surface area contributed by atoms with Crippen LogP contribution in [0.2, 0.25) is 0 Å². The number of hydrogen-bond donors (Lipinski definition) is 0. The van der Waals surface area contributed by atoms with Crippen LogP contribution in [0.3, 0.4) is 0 Å². The summed E-state index contributed by atoms with van der Waals surface area (Å²) in [5.74, 6) is -0.327. The summed E-state index contributed by atoms with van der Waals surface area (Å²) < 4.78 is 34.8. The standard InChI is InChI=1S/C53H106NO7P/c1-6-8-10-12-14-16-18-20-22-24-26-27-28-29-31-33-35-37-39-41-43-45-48-58-50-52(51-60-62(56,57)59-49-47-54(3,4)5)61-53(55)46-44-42-40-38-36-34-32-30-25-23-21-19-17-15-13-11-9-7-2/h24,26,52H,6-23,25,27-51H2,1-5H3/b26-24-. The van der Waals surface area contributed by atoms with Crippen LogP contribution in [-0.4, -0.2) is 70.7 Å². The van der Waals surface area contributed by atoms with Crippen LogP contribution >= 0.6 is 7.82 Å². The third-order valence-corrected chi connectivity index (χ3v) is 13.0. The van der Waals surface area contributed by atoms with Gasteiger partial charge in [0.2, 0.25) is 0 Å². The van der Waals surface area contributed by atoms with Crippen LogP contribution in [0.15, 0.2) is 12.2 Å². The zero-order valence-electron chi connectivity index (χ0n) is 42.1. The van der Waals surface area contributed by atoms with E-state index in [1.165, 1.54) is 212 Å². The quantitative estimate of drug-likeness (QED) is 0.0197. The lowest BCUT2D eigenvalue weighted by Gasteiger charge is -2.28. The van der Waals surface area contributed by atoms with Gasteiger partial charge in [-0.1, -0.05) is 231 Å². The molecule has 0 spiro atoms. The molecule has 0 rings (SSSR count). The van der Waals surface area contributed by atoms with Crippen LogP contribution in [0.5, 0.6) is 0 Å². The second-order valence-corrected chi connectivity index (χ2v) is 21.0. The van der Waals surface area contributed by atoms with Crippen molar-refractivity contribution in [3.05, 3.63) is 12.2 Å². The Morgan fingerprint density at radius 1 is 0.484 bits per heavy atom. The Kier molecular flexibility index (Phi) is 46.2. The predicted octanol–water partition coefficient (Wildman–Crippen LogP) is 15.9. The summed E-state index contributed by atoms with van der Waals surface area (Å²) in [5, 5.41) is 0. The molecule has 0 saturated carbocycles. The molecular formula is C53H106NO7P. The molecule has 0 aliphatic carbocycles. The molecule has 370 valence electrons. The lowest BCUT2D eigenvalue weighted by molar-refractivity contribution is -0.870. The number of esters is 1. The maximum Gasteiger partial charge on any atom is 0.306 e. The van der Waals surface area contributed by atoms with Crippen LogP contribution in [0.25, 0.3) is 0 Å². The van der Waals surface area contributed by atoms with Gasteiger partial charge in [0.1, 0.15) is 19.3 Å². The van der Waals surface area contributed by atoms with E-state index in [0.29, 0.717) is 24.1 Å². The Morgan fingerprint density at radius 3 is 1.23 bits per heavy atom. The molecule has 0 fully saturated rings. The number of carbonyl (C=O) groups excluding carboxylic acids is 1. The average molecular weight is 900 g/mol. The van der Waals surface area contributed by atoms with Gasteiger partial charge in [-0.3, -0.25) is 9.36 Å². The Morgan fingerprint density at radius 2 is 0.839 bits per heavy atom. The molecule has 0 N–H and O–H groups in total. The largest absolute Gasteiger partial charge is 0.756 e. The SMILES string of the molecule is CCCCCCCCCC/C=C\CCCCCCCCCCCCOCC(COP(=O)([O-])OCC[N+](C)(C)C)OC(=O)CCCCCCCCCCCCCCCCCCCC. The zero-order valence-corrected chi connectivity index (χ0v) is 43.0. The summed E-state index contributed by atoms with van der Waals surface area (Å²) in [4.78, 5) is 25.2. The highest BCUT2D eigenvalue weighted by molar-refractivity contribution is 7.45. The van der Waals surface area contributed by atoms with Crippen LogP contribution in [0.4, 0.5) is 0 Å². The molecule has 62 heavy (non-hydrogen) atoms. The van der Waals surface area contributed by atoms with Crippen molar-refractivity contribution in [2.75, 3.05) is 54.1 Å². The van der Waals surface area contributed by atoms with E-state index in [0.717, 1.165) is 32.1 Å². The molecule has 0 radical (unpaired) electrons. The van der Waals surface area contributed by atoms with Gasteiger partial charge in [0.05, 0.1) is 34.4 Å². The van der Waals surface area contributed by atoms with Crippen molar-refractivity contribution in [3.63, 3.8) is 0 Å². The van der Waals surface area contributed by atoms with E-state index in [4.69, 9.17) is 18.5 Å². The van der Waals surface area contributed by atoms with Crippen molar-refractivity contribution in [1.82, 2.24) is 0 Å². The number of unbranched alkanes of at least 4 members (excludes halogenated alkanes) is 35. The molecule has 2 atom stereocenters. The van der Waals surface area contributed by atoms with Gasteiger partial charge in [-0.05, 0) is 38.5 Å². The molecule has 0 heterocycles. The topological polar surface area (TPSA) is 94.1 Å². The molecule has 0 bridgehead atoms. The number of rotatable bonds is 51. The highest BCUT2D eigenvalue weighted by Gasteiger charge is 2.20. The number of quaternary nitrogens is 1. The van der Waals surface area contributed by atoms with E-state index < -0.39 is 13.9 Å². The van der Waals surface area contributed by atoms with Crippen molar-refractivity contribution in [2.45, 2.75) is 270 Å². The molecule has 0 aliphatic rings. The van der Waals surface area contributed by atoms with Crippen LogP contribution in [-0.2, 0) is 27.9 Å². The number of carbonyl (C=O) groups is 1. The number of hydrogen-bond acceptors (Lipinski definition) is 7. The Labute approximate surface area is 386 Å². The predicted molar refractivity (Wildman–Crippen MR) is 264 cm³/mol. The molecule has 0 aliphatic heterocycles. The maximum absolute atomic E-state index is 12.8. The fraction of sp³-hybridized carbons (Fsp3) is 0.943. The van der Waals surface area contributed by atoms with Crippen molar-refractivity contribution in [2.24, 2.45) is 0 Å². The molecular weight excluding hydrogens is 794 g/mol. The summed E-state index contributed by atoms with van der Waals surface area (Å²) in [6, 6.07) is 0. The maximum atomic E-state index is 12.8. The van der Waals surface area contributed by atoms with E-state index in [2.05, 4.69) is 26.0 Å². The molecule has 8 nitrogen and oxygen atoms in total. The summed E-state index contributed by atoms with van der Waals surface area (Å²) >= 11 is 0. The molecule has 0 saturated heterocycles. The minimum Gasteiger partial charge on any atom is -0.756 e. The Balaban J connectivity index is 4.07. The summed E-state index contributed by atoms with van der Waals surface area (Å²) in [6.07, 6.45) is 53.8. The highest BCUT2D eigenvalue weighted by Crippen LogP contribution is 2.38. The monoisotopic (exact) mass is 900 g/mol. The summed E-state index contributed by atoms with van der Waals surface area (Å²) in [6.45, 7) is 5.48. The van der Waals surface area contributed by atoms with Crippen molar-refractivity contribution >= 4 is 13.8 Å². The van der Waals surface area contributed by atoms with Crippen molar-refractivity contribution in [3.8, 4) is 0 Å². The second kappa shape index (κ2) is 46.8. The van der Waals surface area contributed by atoms with Gasteiger partial charge in [-0.25, -0.2) is 0 Å². The number of allylic oxidation sites excluding steroid dienone is 2. The summed E-state index contributed by atoms with van der Waals surface area (Å²) in [5.41, 5.74) is 0. The van der Waals surface area contributed by atoms with E-state index >= 15 is 0 Å². The number of likely N-dealkylation sites (N-methyl/N-ethyl adjacent to an activating group) is 1. The van der Waals surface area contributed by atoms with Gasteiger partial charge < -0.3 is 27.9 Å². The van der Waals surface area contributed by atoms with Gasteiger partial charge in [0.15, 0.2) is 0 Å². The van der Waals surface area contributed by atoms with Crippen LogP contribution in [0, 0.1) is 0 Å². The normalized spacial score (nSPS) is 13.6. The van der Waals surface area contributed by atoms with E-state index in [-0.39, 0.29) is 25.8 Å². The minimum absolute atomic E-state index is 0.0297. The van der Waals surface area contributed by atoms with Crippen LogP contribution in [0.1, 0.15) is 264 Å². The molecule has 0 aromatic carbocycles. The summed E-state index contributed by atoms with van der Waals surface area (Å²) in [7, 11) is 1.37. The number of phosphoric ester groups is 1. The Bertz CT molecular complexity index is 1000. The minimum atomic E-state index is -4.53. The van der Waals surface area contributed by atoms with Gasteiger partial charge in [0, 0.05) is 13.0 Å². The fourth-order valence-electron chi connectivity index (χ4n) is 7.90. The number of ether oxygens (including phenoxy) is 2. The van der Waals surface area contributed by atoms with E-state index in [1.807, 2.05) is 21.1 Å². The Hall–Kier alpha value is -0.760. The fourth-order valence-corrected chi connectivity index (χ4v) is 8.63. The number of phosphoric acid groups is 1. The van der Waals surface area contributed by atoms with E-state index in [9.17, 15) is 14.3 Å². The highest BCUT2D eigenvalue weighted by atomic mass is 31.2. The molecule has 0 aromatic heterocycles. The van der Waals surface area contributed by atoms with Crippen molar-refractivity contribution in [1.29, 1.82) is 0 Å². The third-order valence-electron chi connectivity index (χ3n) is 12.1.